The van der Waals surface area contributed by atoms with Crippen molar-refractivity contribution < 1.29 is 13.9 Å². The van der Waals surface area contributed by atoms with Gasteiger partial charge in [0, 0.05) is 44.3 Å². The standard InChI is InChI=1S/C19H28FN3O2/c1-25-18-7-6-16(20)12-15(18)13-22-8-10-23(11-9-22)14-19(24)21-17-4-2-3-5-17/h6-7,12,17H,2-5,8-11,13-14H2,1H3,(H,21,24). The molecule has 0 atom stereocenters. The van der Waals surface area contributed by atoms with Crippen molar-refractivity contribution >= 4 is 5.91 Å². The Kier molecular flexibility index (Phi) is 6.26. The van der Waals surface area contributed by atoms with Crippen LogP contribution in [0.2, 0.25) is 0 Å². The molecule has 0 spiro atoms. The fraction of sp³-hybridized carbons (Fsp3) is 0.632. The summed E-state index contributed by atoms with van der Waals surface area (Å²) < 4.78 is 18.8. The first kappa shape index (κ1) is 18.1. The number of amides is 1. The van der Waals surface area contributed by atoms with Crippen LogP contribution < -0.4 is 10.1 Å². The predicted octanol–water partition coefficient (Wildman–Crippen LogP) is 2.01. The highest BCUT2D eigenvalue weighted by Gasteiger charge is 2.22. The second-order valence-corrected chi connectivity index (χ2v) is 7.06. The second-order valence-electron chi connectivity index (χ2n) is 7.06. The molecule has 1 saturated heterocycles. The quantitative estimate of drug-likeness (QED) is 0.853. The monoisotopic (exact) mass is 349 g/mol. The first-order chi connectivity index (χ1) is 12.1. The van der Waals surface area contributed by atoms with Crippen LogP contribution in [0.15, 0.2) is 18.2 Å². The molecule has 1 aromatic rings. The fourth-order valence-electron chi connectivity index (χ4n) is 3.76. The summed E-state index contributed by atoms with van der Waals surface area (Å²) >= 11 is 0. The largest absolute Gasteiger partial charge is 0.496 e. The molecule has 1 amide bonds. The summed E-state index contributed by atoms with van der Waals surface area (Å²) in [6.45, 7) is 4.61. The van der Waals surface area contributed by atoms with Gasteiger partial charge in [-0.05, 0) is 31.0 Å². The van der Waals surface area contributed by atoms with Crippen molar-refractivity contribution in [1.82, 2.24) is 15.1 Å². The van der Waals surface area contributed by atoms with E-state index in [1.165, 1.54) is 18.9 Å². The van der Waals surface area contributed by atoms with Crippen LogP contribution in [0, 0.1) is 5.82 Å². The van der Waals surface area contributed by atoms with Crippen molar-refractivity contribution in [2.24, 2.45) is 0 Å². The lowest BCUT2D eigenvalue weighted by atomic mass is 10.1. The smallest absolute Gasteiger partial charge is 0.234 e. The van der Waals surface area contributed by atoms with Gasteiger partial charge in [0.1, 0.15) is 11.6 Å². The number of rotatable bonds is 6. The summed E-state index contributed by atoms with van der Waals surface area (Å²) in [5.74, 6) is 0.630. The van der Waals surface area contributed by atoms with Crippen molar-refractivity contribution in [2.75, 3.05) is 39.8 Å². The minimum Gasteiger partial charge on any atom is -0.496 e. The van der Waals surface area contributed by atoms with Crippen molar-refractivity contribution in [3.8, 4) is 5.75 Å². The molecule has 3 rings (SSSR count). The lowest BCUT2D eigenvalue weighted by molar-refractivity contribution is -0.123. The van der Waals surface area contributed by atoms with Crippen LogP contribution in [-0.4, -0.2) is 61.6 Å². The van der Waals surface area contributed by atoms with Crippen molar-refractivity contribution in [1.29, 1.82) is 0 Å². The molecular weight excluding hydrogens is 321 g/mol. The summed E-state index contributed by atoms with van der Waals surface area (Å²) in [5, 5.41) is 3.15. The molecule has 2 fully saturated rings. The highest BCUT2D eigenvalue weighted by molar-refractivity contribution is 5.78. The summed E-state index contributed by atoms with van der Waals surface area (Å²) in [6, 6.07) is 5.02. The maximum Gasteiger partial charge on any atom is 0.234 e. The number of nitrogens with one attached hydrogen (secondary N) is 1. The Labute approximate surface area is 149 Å². The van der Waals surface area contributed by atoms with Crippen LogP contribution in [0.1, 0.15) is 31.2 Å². The second kappa shape index (κ2) is 8.63. The van der Waals surface area contributed by atoms with Gasteiger partial charge in [-0.2, -0.15) is 0 Å². The van der Waals surface area contributed by atoms with Crippen molar-refractivity contribution in [3.05, 3.63) is 29.6 Å². The van der Waals surface area contributed by atoms with Crippen LogP contribution >= 0.6 is 0 Å². The molecule has 1 aromatic carbocycles. The summed E-state index contributed by atoms with van der Waals surface area (Å²) in [5.41, 5.74) is 0.870. The van der Waals surface area contributed by atoms with Gasteiger partial charge in [-0.25, -0.2) is 4.39 Å². The first-order valence-electron chi connectivity index (χ1n) is 9.20. The molecular formula is C19H28FN3O2. The minimum absolute atomic E-state index is 0.146. The van der Waals surface area contributed by atoms with E-state index in [2.05, 4.69) is 15.1 Å². The Hall–Kier alpha value is -1.66. The zero-order valence-electron chi connectivity index (χ0n) is 15.0. The highest BCUT2D eigenvalue weighted by atomic mass is 19.1. The van der Waals surface area contributed by atoms with Crippen molar-refractivity contribution in [3.63, 3.8) is 0 Å². The minimum atomic E-state index is -0.238. The molecule has 0 unspecified atom stereocenters. The third-order valence-corrected chi connectivity index (χ3v) is 5.19. The van der Waals surface area contributed by atoms with Crippen LogP contribution in [0.25, 0.3) is 0 Å². The molecule has 6 heteroatoms. The van der Waals surface area contributed by atoms with Crippen LogP contribution in [0.4, 0.5) is 4.39 Å². The zero-order valence-corrected chi connectivity index (χ0v) is 15.0. The van der Waals surface area contributed by atoms with E-state index in [4.69, 9.17) is 4.74 Å². The van der Waals surface area contributed by atoms with E-state index >= 15 is 0 Å². The number of benzene rings is 1. The van der Waals surface area contributed by atoms with Gasteiger partial charge in [0.2, 0.25) is 5.91 Å². The van der Waals surface area contributed by atoms with E-state index in [1.54, 1.807) is 19.2 Å². The van der Waals surface area contributed by atoms with Crippen LogP contribution in [0.3, 0.4) is 0 Å². The molecule has 1 aliphatic heterocycles. The number of carbonyl (C=O) groups excluding carboxylic acids is 1. The molecule has 2 aliphatic rings. The lowest BCUT2D eigenvalue weighted by Gasteiger charge is -2.34. The Morgan fingerprint density at radius 2 is 1.88 bits per heavy atom. The Balaban J connectivity index is 1.44. The maximum atomic E-state index is 13.5. The number of halogens is 1. The van der Waals surface area contributed by atoms with Crippen LogP contribution in [0.5, 0.6) is 5.75 Å². The molecule has 1 aliphatic carbocycles. The topological polar surface area (TPSA) is 44.8 Å². The maximum absolute atomic E-state index is 13.5. The van der Waals surface area contributed by atoms with Gasteiger partial charge < -0.3 is 10.1 Å². The Morgan fingerprint density at radius 1 is 1.20 bits per heavy atom. The van der Waals surface area contributed by atoms with E-state index in [9.17, 15) is 9.18 Å². The molecule has 5 nitrogen and oxygen atoms in total. The summed E-state index contributed by atoms with van der Waals surface area (Å²) in [7, 11) is 1.61. The Bertz CT molecular complexity index is 582. The number of hydrogen-bond acceptors (Lipinski definition) is 4. The van der Waals surface area contributed by atoms with Crippen LogP contribution in [-0.2, 0) is 11.3 Å². The van der Waals surface area contributed by atoms with E-state index < -0.39 is 0 Å². The summed E-state index contributed by atoms with van der Waals surface area (Å²) in [4.78, 5) is 16.6. The zero-order chi connectivity index (χ0) is 17.6. The molecule has 1 heterocycles. The Morgan fingerprint density at radius 3 is 2.56 bits per heavy atom. The molecule has 138 valence electrons. The third kappa shape index (κ3) is 5.16. The van der Waals surface area contributed by atoms with Gasteiger partial charge in [0.05, 0.1) is 13.7 Å². The van der Waals surface area contributed by atoms with Gasteiger partial charge in [0.15, 0.2) is 0 Å². The van der Waals surface area contributed by atoms with E-state index in [0.717, 1.165) is 50.3 Å². The third-order valence-electron chi connectivity index (χ3n) is 5.19. The normalized spacial score (nSPS) is 19.9. The molecule has 25 heavy (non-hydrogen) atoms. The fourth-order valence-corrected chi connectivity index (χ4v) is 3.76. The molecule has 1 N–H and O–H groups in total. The van der Waals surface area contributed by atoms with Crippen molar-refractivity contribution in [2.45, 2.75) is 38.3 Å². The SMILES string of the molecule is COc1ccc(F)cc1CN1CCN(CC(=O)NC2CCCC2)CC1. The molecule has 1 saturated carbocycles. The lowest BCUT2D eigenvalue weighted by Crippen LogP contribution is -2.50. The molecule has 0 aromatic heterocycles. The van der Waals surface area contributed by atoms with Gasteiger partial charge in [-0.3, -0.25) is 14.6 Å². The number of ether oxygens (including phenoxy) is 1. The number of methoxy groups -OCH3 is 1. The van der Waals surface area contributed by atoms with Gasteiger partial charge >= 0.3 is 0 Å². The molecule has 0 radical (unpaired) electrons. The van der Waals surface area contributed by atoms with Gasteiger partial charge in [-0.15, -0.1) is 0 Å². The highest BCUT2D eigenvalue weighted by Crippen LogP contribution is 2.22. The van der Waals surface area contributed by atoms with E-state index in [0.29, 0.717) is 19.1 Å². The average molecular weight is 349 g/mol. The first-order valence-corrected chi connectivity index (χ1v) is 9.20. The average Bonchev–Trinajstić information content (AvgIpc) is 3.10. The van der Waals surface area contributed by atoms with Gasteiger partial charge in [0.25, 0.3) is 0 Å². The molecule has 0 bridgehead atoms. The number of carbonyl (C=O) groups is 1. The summed E-state index contributed by atoms with van der Waals surface area (Å²) in [6.07, 6.45) is 4.70. The predicted molar refractivity (Wildman–Crippen MR) is 95.1 cm³/mol. The van der Waals surface area contributed by atoms with E-state index in [1.807, 2.05) is 0 Å². The van der Waals surface area contributed by atoms with Gasteiger partial charge in [-0.1, -0.05) is 12.8 Å². The van der Waals surface area contributed by atoms with E-state index in [-0.39, 0.29) is 11.7 Å². The number of piperazine rings is 1. The number of hydrogen-bond donors (Lipinski definition) is 1. The number of nitrogens with zero attached hydrogens (tertiary/aromatic N) is 2.